The quantitative estimate of drug-likeness (QED) is 0.163. The summed E-state index contributed by atoms with van der Waals surface area (Å²) in [6, 6.07) is 5.47. The van der Waals surface area contributed by atoms with Crippen molar-refractivity contribution in [1.82, 2.24) is 9.97 Å². The van der Waals surface area contributed by atoms with E-state index in [0.29, 0.717) is 11.0 Å². The number of imidazole rings is 1. The van der Waals surface area contributed by atoms with E-state index in [1.54, 1.807) is 6.07 Å². The predicted molar refractivity (Wildman–Crippen MR) is 131 cm³/mol. The minimum atomic E-state index is -4.32. The van der Waals surface area contributed by atoms with Gasteiger partial charge in [0.2, 0.25) is 0 Å². The van der Waals surface area contributed by atoms with Crippen molar-refractivity contribution in [2.75, 3.05) is 0 Å². The number of allylic oxidation sites excluding steroid dienone is 1. The Morgan fingerprint density at radius 1 is 0.903 bits per heavy atom. The van der Waals surface area contributed by atoms with Crippen molar-refractivity contribution < 1.29 is 13.0 Å². The van der Waals surface area contributed by atoms with Crippen LogP contribution in [0.3, 0.4) is 0 Å². The van der Waals surface area contributed by atoms with Crippen LogP contribution in [0.25, 0.3) is 17.1 Å². The number of benzene rings is 1. The molecule has 0 amide bonds. The van der Waals surface area contributed by atoms with Gasteiger partial charge in [-0.25, -0.2) is 4.98 Å². The second-order valence-corrected chi connectivity index (χ2v) is 9.53. The largest absolute Gasteiger partial charge is 0.328 e. The zero-order chi connectivity index (χ0) is 21.7. The van der Waals surface area contributed by atoms with Crippen LogP contribution in [0, 0.1) is 0 Å². The Labute approximate surface area is 210 Å². The molecule has 0 saturated carbocycles. The molecule has 1 aromatic carbocycles. The molecule has 0 bridgehead atoms. The number of H-pyrrole nitrogens is 1. The maximum atomic E-state index is 11.3. The van der Waals surface area contributed by atoms with Crippen LogP contribution >= 0.6 is 0 Å². The standard InChI is InChI=1S/C24H38N2O3S.Na/c1-2-3-4-5-6-7-8-9-10-11-12-13-14-15-16-18-21-19-17-20-22-23(21)26-24(25-22)30(27,28)29;/h16-20H,2-15H2,1H3,(H,25,26)(H,27,28,29);. The van der Waals surface area contributed by atoms with Gasteiger partial charge in [-0.3, -0.25) is 4.55 Å². The van der Waals surface area contributed by atoms with Crippen molar-refractivity contribution in [3.63, 3.8) is 0 Å². The van der Waals surface area contributed by atoms with Gasteiger partial charge in [0.1, 0.15) is 0 Å². The Kier molecular flexibility index (Phi) is 14.7. The summed E-state index contributed by atoms with van der Waals surface area (Å²) in [6.45, 7) is 2.27. The number of rotatable bonds is 16. The maximum absolute atomic E-state index is 11.3. The molecule has 0 unspecified atom stereocenters. The third-order valence-electron chi connectivity index (χ3n) is 5.54. The van der Waals surface area contributed by atoms with Crippen molar-refractivity contribution in [3.05, 3.63) is 29.8 Å². The normalized spacial score (nSPS) is 11.9. The van der Waals surface area contributed by atoms with Crippen LogP contribution in [0.1, 0.15) is 102 Å². The Morgan fingerprint density at radius 3 is 2.00 bits per heavy atom. The topological polar surface area (TPSA) is 83.1 Å². The molecule has 2 aromatic rings. The van der Waals surface area contributed by atoms with Gasteiger partial charge in [0, 0.05) is 29.6 Å². The van der Waals surface area contributed by atoms with Crippen molar-refractivity contribution in [2.24, 2.45) is 0 Å². The molecule has 31 heavy (non-hydrogen) atoms. The Balaban J connectivity index is 0.00000480. The Hall–Kier alpha value is -0.660. The van der Waals surface area contributed by atoms with Crippen LogP contribution in [0.2, 0.25) is 0 Å². The van der Waals surface area contributed by atoms with Crippen LogP contribution in [0.15, 0.2) is 29.4 Å². The van der Waals surface area contributed by atoms with E-state index in [1.807, 2.05) is 18.2 Å². The number of nitrogens with one attached hydrogen (secondary N) is 1. The number of para-hydroxylation sites is 1. The van der Waals surface area contributed by atoms with Gasteiger partial charge >= 0.3 is 10.1 Å². The molecule has 0 aliphatic heterocycles. The predicted octanol–water partition coefficient (Wildman–Crippen LogP) is 6.92. The fourth-order valence-corrected chi connectivity index (χ4v) is 4.23. The first-order valence-corrected chi connectivity index (χ1v) is 13.1. The van der Waals surface area contributed by atoms with Crippen LogP contribution in [-0.2, 0) is 10.1 Å². The maximum Gasteiger partial charge on any atom is 0.328 e. The monoisotopic (exact) mass is 457 g/mol. The molecule has 0 aliphatic carbocycles. The van der Waals surface area contributed by atoms with Gasteiger partial charge in [0.25, 0.3) is 5.16 Å². The summed E-state index contributed by atoms with van der Waals surface area (Å²) in [5.74, 6) is 0. The minimum Gasteiger partial charge on any atom is -0.326 e. The van der Waals surface area contributed by atoms with E-state index >= 15 is 0 Å². The first-order chi connectivity index (χ1) is 14.5. The smallest absolute Gasteiger partial charge is 0.326 e. The van der Waals surface area contributed by atoms with E-state index in [9.17, 15) is 8.42 Å². The molecule has 0 aliphatic rings. The first kappa shape index (κ1) is 28.4. The van der Waals surface area contributed by atoms with Crippen molar-refractivity contribution in [2.45, 2.75) is 102 Å². The van der Waals surface area contributed by atoms with E-state index in [-0.39, 0.29) is 29.6 Å². The number of hydrogen-bond acceptors (Lipinski definition) is 3. The molecule has 1 radical (unpaired) electrons. The number of aromatic amines is 1. The summed E-state index contributed by atoms with van der Waals surface area (Å²) >= 11 is 0. The van der Waals surface area contributed by atoms with Gasteiger partial charge in [-0.2, -0.15) is 8.42 Å². The number of fused-ring (bicyclic) bond motifs is 1. The van der Waals surface area contributed by atoms with E-state index in [1.165, 1.54) is 83.5 Å². The van der Waals surface area contributed by atoms with Gasteiger partial charge in [-0.15, -0.1) is 0 Å². The number of hydrogen-bond donors (Lipinski definition) is 2. The summed E-state index contributed by atoms with van der Waals surface area (Å²) in [4.78, 5) is 6.64. The van der Waals surface area contributed by atoms with Gasteiger partial charge in [-0.05, 0) is 24.5 Å². The summed E-state index contributed by atoms with van der Waals surface area (Å²) in [6.07, 6.45) is 22.7. The molecule has 0 fully saturated rings. The molecule has 0 saturated heterocycles. The number of nitrogens with zero attached hydrogens (tertiary/aromatic N) is 1. The molecule has 1 aromatic heterocycles. The molecule has 2 rings (SSSR count). The Morgan fingerprint density at radius 2 is 1.45 bits per heavy atom. The van der Waals surface area contributed by atoms with E-state index in [2.05, 4.69) is 23.0 Å². The van der Waals surface area contributed by atoms with Crippen molar-refractivity contribution in [3.8, 4) is 0 Å². The van der Waals surface area contributed by atoms with Crippen molar-refractivity contribution in [1.29, 1.82) is 0 Å². The number of unbranched alkanes of at least 4 members (excludes halogenated alkanes) is 13. The molecular weight excluding hydrogens is 419 g/mol. The molecule has 5 nitrogen and oxygen atoms in total. The molecular formula is C24H38N2NaO3S. The zero-order valence-electron chi connectivity index (χ0n) is 19.4. The second-order valence-electron chi connectivity index (χ2n) is 8.19. The van der Waals surface area contributed by atoms with Gasteiger partial charge < -0.3 is 4.98 Å². The summed E-state index contributed by atoms with van der Waals surface area (Å²) in [5, 5.41) is -0.408. The zero-order valence-corrected chi connectivity index (χ0v) is 22.2. The van der Waals surface area contributed by atoms with Gasteiger partial charge in [-0.1, -0.05) is 108 Å². The summed E-state index contributed by atoms with van der Waals surface area (Å²) in [5.41, 5.74) is 2.04. The van der Waals surface area contributed by atoms with Crippen LogP contribution in [-0.4, -0.2) is 52.5 Å². The first-order valence-electron chi connectivity index (χ1n) is 11.6. The third kappa shape index (κ3) is 11.2. The van der Waals surface area contributed by atoms with E-state index in [4.69, 9.17) is 4.55 Å². The molecule has 0 spiro atoms. The Bertz CT molecular complexity index is 878. The average molecular weight is 458 g/mol. The van der Waals surface area contributed by atoms with Gasteiger partial charge in [0.05, 0.1) is 11.0 Å². The molecule has 1 heterocycles. The van der Waals surface area contributed by atoms with E-state index < -0.39 is 15.3 Å². The number of aromatic nitrogens is 2. The fraction of sp³-hybridized carbons (Fsp3) is 0.625. The van der Waals surface area contributed by atoms with Gasteiger partial charge in [0.15, 0.2) is 0 Å². The average Bonchev–Trinajstić information content (AvgIpc) is 3.16. The summed E-state index contributed by atoms with van der Waals surface area (Å²) < 4.78 is 31.7. The molecule has 2 N–H and O–H groups in total. The molecule has 0 atom stereocenters. The minimum absolute atomic E-state index is 0. The molecule has 7 heteroatoms. The van der Waals surface area contributed by atoms with Crippen LogP contribution < -0.4 is 0 Å². The third-order valence-corrected chi connectivity index (χ3v) is 6.23. The van der Waals surface area contributed by atoms with Crippen LogP contribution in [0.4, 0.5) is 0 Å². The van der Waals surface area contributed by atoms with Crippen molar-refractivity contribution >= 4 is 56.8 Å². The summed E-state index contributed by atoms with van der Waals surface area (Å²) in [7, 11) is -4.32. The van der Waals surface area contributed by atoms with E-state index in [0.717, 1.165) is 12.0 Å². The fourth-order valence-electron chi connectivity index (χ4n) is 3.78. The molecule has 169 valence electrons. The van der Waals surface area contributed by atoms with Crippen LogP contribution in [0.5, 0.6) is 0 Å². The SMILES string of the molecule is CCCCCCCCCCCCCCCC=Cc1cccc2nc(S(=O)(=O)O)[nH]c12.[Na]. The second kappa shape index (κ2) is 16.0.